The van der Waals surface area contributed by atoms with Gasteiger partial charge in [0.2, 0.25) is 0 Å². The number of aromatic nitrogens is 5. The molecule has 150 valence electrons. The van der Waals surface area contributed by atoms with Gasteiger partial charge >= 0.3 is 5.69 Å². The summed E-state index contributed by atoms with van der Waals surface area (Å²) in [6.07, 6.45) is 2.53. The van der Waals surface area contributed by atoms with E-state index < -0.39 is 27.4 Å². The fourth-order valence-electron chi connectivity index (χ4n) is 3.03. The highest BCUT2D eigenvalue weighted by Gasteiger charge is 2.19. The van der Waals surface area contributed by atoms with Crippen LogP contribution in [0.25, 0.3) is 11.2 Å². The quantitative estimate of drug-likeness (QED) is 0.457. The van der Waals surface area contributed by atoms with Crippen LogP contribution in [0.15, 0.2) is 26.6 Å². The molecule has 0 saturated heterocycles. The van der Waals surface area contributed by atoms with E-state index in [0.29, 0.717) is 13.0 Å². The predicted molar refractivity (Wildman–Crippen MR) is 102 cm³/mol. The number of nitrogens with zero attached hydrogens (tertiary/aromatic N) is 6. The molecule has 3 heterocycles. The Morgan fingerprint density at radius 3 is 2.69 bits per heavy atom. The fraction of sp³-hybridized carbons (Fsp3) is 0.353. The van der Waals surface area contributed by atoms with Crippen LogP contribution in [0.3, 0.4) is 0 Å². The predicted octanol–water partition coefficient (Wildman–Crippen LogP) is 0.213. The van der Waals surface area contributed by atoms with Crippen molar-refractivity contribution in [1.82, 2.24) is 23.7 Å². The lowest BCUT2D eigenvalue weighted by atomic mass is 10.2. The van der Waals surface area contributed by atoms with E-state index in [4.69, 9.17) is 5.26 Å². The van der Waals surface area contributed by atoms with Crippen LogP contribution >= 0.6 is 0 Å². The molecule has 0 spiro atoms. The zero-order chi connectivity index (χ0) is 21.3. The number of rotatable bonds is 6. The Morgan fingerprint density at radius 2 is 2.07 bits per heavy atom. The first kappa shape index (κ1) is 19.7. The summed E-state index contributed by atoms with van der Waals surface area (Å²) in [5.74, 6) is 0.229. The third-order valence-corrected chi connectivity index (χ3v) is 4.56. The summed E-state index contributed by atoms with van der Waals surface area (Å²) in [5.41, 5.74) is -2.41. The normalized spacial score (nSPS) is 10.9. The van der Waals surface area contributed by atoms with Crippen LogP contribution in [0.4, 0.5) is 5.69 Å². The van der Waals surface area contributed by atoms with Gasteiger partial charge in [-0.25, -0.2) is 9.78 Å². The first-order valence-electron chi connectivity index (χ1n) is 8.75. The monoisotopic (exact) mass is 399 g/mol. The summed E-state index contributed by atoms with van der Waals surface area (Å²) >= 11 is 0. The average Bonchev–Trinajstić information content (AvgIpc) is 2.99. The molecule has 0 unspecified atom stereocenters. The minimum absolute atomic E-state index is 0.148. The smallest absolute Gasteiger partial charge is 0.324 e. The van der Waals surface area contributed by atoms with Gasteiger partial charge in [-0.2, -0.15) is 5.26 Å². The van der Waals surface area contributed by atoms with Crippen molar-refractivity contribution >= 4 is 16.9 Å². The number of nitrogens with one attached hydrogen (secondary N) is 1. The van der Waals surface area contributed by atoms with Crippen molar-refractivity contribution in [2.24, 2.45) is 7.05 Å². The van der Waals surface area contributed by atoms with Gasteiger partial charge in [-0.3, -0.25) is 29.3 Å². The standard InChI is InChI=1S/C17H17N7O5/c1-3-4-5-23-14-13(15(25)20-17(23)27)21(2)12(19-14)9-22-8-11(24(28)29)6-10(7-18)16(22)26/h6,8H,3-5,9H2,1-2H3,(H,20,25,27). The fourth-order valence-corrected chi connectivity index (χ4v) is 3.03. The number of imidazole rings is 1. The molecule has 3 aromatic heterocycles. The highest BCUT2D eigenvalue weighted by atomic mass is 16.6. The maximum absolute atomic E-state index is 12.4. The molecule has 0 atom stereocenters. The number of fused-ring (bicyclic) bond motifs is 1. The van der Waals surface area contributed by atoms with Gasteiger partial charge in [0.25, 0.3) is 16.8 Å². The van der Waals surface area contributed by atoms with Crippen LogP contribution in [0.2, 0.25) is 0 Å². The zero-order valence-electron chi connectivity index (χ0n) is 15.7. The van der Waals surface area contributed by atoms with Crippen molar-refractivity contribution in [3.8, 4) is 6.07 Å². The van der Waals surface area contributed by atoms with E-state index in [0.717, 1.165) is 23.3 Å². The van der Waals surface area contributed by atoms with Crippen molar-refractivity contribution < 1.29 is 4.92 Å². The Balaban J connectivity index is 2.20. The Hall–Kier alpha value is -4.01. The van der Waals surface area contributed by atoms with Crippen molar-refractivity contribution in [1.29, 1.82) is 5.26 Å². The molecule has 0 radical (unpaired) electrons. The molecule has 0 fully saturated rings. The van der Waals surface area contributed by atoms with E-state index in [9.17, 15) is 24.5 Å². The number of aryl methyl sites for hydroxylation is 2. The van der Waals surface area contributed by atoms with Crippen molar-refractivity contribution in [2.45, 2.75) is 32.9 Å². The van der Waals surface area contributed by atoms with Crippen LogP contribution in [0.5, 0.6) is 0 Å². The summed E-state index contributed by atoms with van der Waals surface area (Å²) in [5, 5.41) is 20.2. The molecule has 12 heteroatoms. The molecule has 29 heavy (non-hydrogen) atoms. The minimum Gasteiger partial charge on any atom is -0.324 e. The van der Waals surface area contributed by atoms with Crippen LogP contribution in [0, 0.1) is 21.4 Å². The molecule has 0 aromatic carbocycles. The largest absolute Gasteiger partial charge is 0.330 e. The molecular weight excluding hydrogens is 382 g/mol. The number of hydrogen-bond acceptors (Lipinski definition) is 7. The number of pyridine rings is 1. The van der Waals surface area contributed by atoms with Gasteiger partial charge in [-0.1, -0.05) is 13.3 Å². The second-order valence-electron chi connectivity index (χ2n) is 6.44. The first-order chi connectivity index (χ1) is 13.8. The highest BCUT2D eigenvalue weighted by molar-refractivity contribution is 5.70. The number of unbranched alkanes of at least 4 members (excludes halogenated alkanes) is 1. The number of H-pyrrole nitrogens is 1. The second kappa shape index (κ2) is 7.55. The summed E-state index contributed by atoms with van der Waals surface area (Å²) in [4.78, 5) is 53.9. The number of nitro groups is 1. The Kier molecular flexibility index (Phi) is 5.14. The topological polar surface area (TPSA) is 162 Å². The van der Waals surface area contributed by atoms with Crippen LogP contribution in [-0.4, -0.2) is 28.6 Å². The molecule has 3 aromatic rings. The van der Waals surface area contributed by atoms with Gasteiger partial charge in [0, 0.05) is 19.7 Å². The summed E-state index contributed by atoms with van der Waals surface area (Å²) < 4.78 is 3.76. The Morgan fingerprint density at radius 1 is 1.34 bits per heavy atom. The van der Waals surface area contributed by atoms with E-state index in [1.165, 1.54) is 9.13 Å². The van der Waals surface area contributed by atoms with Crippen LogP contribution in [-0.2, 0) is 20.1 Å². The molecule has 0 saturated carbocycles. The average molecular weight is 399 g/mol. The van der Waals surface area contributed by atoms with Crippen molar-refractivity contribution in [2.75, 3.05) is 0 Å². The van der Waals surface area contributed by atoms with E-state index >= 15 is 0 Å². The molecular formula is C17H17N7O5. The van der Waals surface area contributed by atoms with E-state index in [2.05, 4.69) is 9.97 Å². The van der Waals surface area contributed by atoms with Crippen molar-refractivity contribution in [3.63, 3.8) is 0 Å². The molecule has 12 nitrogen and oxygen atoms in total. The van der Waals surface area contributed by atoms with Gasteiger partial charge in [-0.15, -0.1) is 0 Å². The Labute approximate surface area is 162 Å². The maximum atomic E-state index is 12.4. The lowest BCUT2D eigenvalue weighted by Crippen LogP contribution is -2.31. The SMILES string of the molecule is CCCCn1c(=O)[nH]c(=O)c2c1nc(Cn1cc([N+](=O)[O-])cc(C#N)c1=O)n2C. The van der Waals surface area contributed by atoms with Gasteiger partial charge in [-0.05, 0) is 6.42 Å². The highest BCUT2D eigenvalue weighted by Crippen LogP contribution is 2.14. The van der Waals surface area contributed by atoms with E-state index in [-0.39, 0.29) is 29.1 Å². The number of hydrogen-bond donors (Lipinski definition) is 1. The van der Waals surface area contributed by atoms with Crippen LogP contribution in [0.1, 0.15) is 31.2 Å². The molecule has 0 aliphatic carbocycles. The molecule has 3 rings (SSSR count). The lowest BCUT2D eigenvalue weighted by Gasteiger charge is -2.06. The van der Waals surface area contributed by atoms with E-state index in [1.54, 1.807) is 13.1 Å². The van der Waals surface area contributed by atoms with Gasteiger partial charge in [0.1, 0.15) is 17.5 Å². The minimum atomic E-state index is -0.720. The summed E-state index contributed by atoms with van der Waals surface area (Å²) in [7, 11) is 1.54. The molecule has 0 amide bonds. The molecule has 1 N–H and O–H groups in total. The summed E-state index contributed by atoms with van der Waals surface area (Å²) in [6, 6.07) is 2.54. The van der Waals surface area contributed by atoms with Crippen molar-refractivity contribution in [3.05, 3.63) is 65.0 Å². The lowest BCUT2D eigenvalue weighted by molar-refractivity contribution is -0.385. The maximum Gasteiger partial charge on any atom is 0.330 e. The number of aromatic amines is 1. The summed E-state index contributed by atoms with van der Waals surface area (Å²) in [6.45, 7) is 2.09. The third-order valence-electron chi connectivity index (χ3n) is 4.56. The Bertz CT molecular complexity index is 1340. The number of nitriles is 1. The third kappa shape index (κ3) is 3.45. The van der Waals surface area contributed by atoms with Gasteiger partial charge in [0.15, 0.2) is 11.2 Å². The van der Waals surface area contributed by atoms with Gasteiger partial charge < -0.3 is 9.13 Å². The molecule has 0 bridgehead atoms. The molecule has 0 aliphatic heterocycles. The zero-order valence-corrected chi connectivity index (χ0v) is 15.7. The van der Waals surface area contributed by atoms with Crippen LogP contribution < -0.4 is 16.8 Å². The first-order valence-corrected chi connectivity index (χ1v) is 8.75. The second-order valence-corrected chi connectivity index (χ2v) is 6.44. The van der Waals surface area contributed by atoms with E-state index in [1.807, 2.05) is 6.92 Å². The molecule has 0 aliphatic rings. The van der Waals surface area contributed by atoms with Gasteiger partial charge in [0.05, 0.1) is 17.7 Å².